The van der Waals surface area contributed by atoms with Gasteiger partial charge >= 0.3 is 6.03 Å². The second-order valence-electron chi connectivity index (χ2n) is 6.47. The van der Waals surface area contributed by atoms with E-state index in [0.29, 0.717) is 13.2 Å². The van der Waals surface area contributed by atoms with Crippen molar-refractivity contribution in [2.75, 3.05) is 0 Å². The summed E-state index contributed by atoms with van der Waals surface area (Å²) >= 11 is 0. The predicted molar refractivity (Wildman–Crippen MR) is 96.1 cm³/mol. The van der Waals surface area contributed by atoms with Crippen molar-refractivity contribution >= 4 is 6.03 Å². The molecule has 0 saturated carbocycles. The molecule has 0 bridgehead atoms. The molecule has 1 atom stereocenters. The molecule has 2 aromatic rings. The van der Waals surface area contributed by atoms with Gasteiger partial charge in [-0.1, -0.05) is 29.4 Å². The first-order chi connectivity index (χ1) is 11.9. The maximum atomic E-state index is 12.1. The summed E-state index contributed by atoms with van der Waals surface area (Å²) < 4.78 is 10.8. The van der Waals surface area contributed by atoms with Gasteiger partial charge in [-0.05, 0) is 45.7 Å². The van der Waals surface area contributed by atoms with E-state index in [2.05, 4.69) is 15.8 Å². The number of nitrogens with one attached hydrogen (secondary N) is 2. The van der Waals surface area contributed by atoms with Crippen LogP contribution in [0, 0.1) is 13.8 Å². The third kappa shape index (κ3) is 5.60. The van der Waals surface area contributed by atoms with E-state index in [1.165, 1.54) is 0 Å². The van der Waals surface area contributed by atoms with E-state index < -0.39 is 0 Å². The smallest absolute Gasteiger partial charge is 0.315 e. The topological polar surface area (TPSA) is 76.4 Å². The van der Waals surface area contributed by atoms with Gasteiger partial charge in [0.05, 0.1) is 24.4 Å². The quantitative estimate of drug-likeness (QED) is 0.801. The number of aryl methyl sites for hydroxylation is 2. The number of benzene rings is 1. The van der Waals surface area contributed by atoms with E-state index in [9.17, 15) is 4.79 Å². The van der Waals surface area contributed by atoms with Gasteiger partial charge in [0.2, 0.25) is 0 Å². The van der Waals surface area contributed by atoms with E-state index in [4.69, 9.17) is 9.26 Å². The molecular formula is C19H27N3O3. The number of carbonyl (C=O) groups excluding carboxylic acids is 1. The van der Waals surface area contributed by atoms with Crippen molar-refractivity contribution in [2.24, 2.45) is 0 Å². The lowest BCUT2D eigenvalue weighted by Gasteiger charge is -2.15. The molecule has 2 N–H and O–H groups in total. The van der Waals surface area contributed by atoms with Crippen LogP contribution in [0.25, 0.3) is 0 Å². The number of nitrogens with zero attached hydrogens (tertiary/aromatic N) is 1. The van der Waals surface area contributed by atoms with Crippen LogP contribution in [0.3, 0.4) is 0 Å². The fraction of sp³-hybridized carbons (Fsp3) is 0.474. The van der Waals surface area contributed by atoms with E-state index in [0.717, 1.165) is 28.1 Å². The highest BCUT2D eigenvalue weighted by Gasteiger charge is 2.18. The number of ether oxygens (including phenoxy) is 1. The van der Waals surface area contributed by atoms with E-state index in [1.54, 1.807) is 0 Å². The Hall–Kier alpha value is -2.34. The zero-order chi connectivity index (χ0) is 18.4. The maximum Gasteiger partial charge on any atom is 0.315 e. The van der Waals surface area contributed by atoms with Crippen LogP contribution in [-0.2, 0) is 17.9 Å². The molecule has 0 spiro atoms. The largest absolute Gasteiger partial charge is 0.374 e. The molecule has 0 aliphatic heterocycles. The summed E-state index contributed by atoms with van der Waals surface area (Å²) in [4.78, 5) is 12.1. The average molecular weight is 345 g/mol. The van der Waals surface area contributed by atoms with Crippen molar-refractivity contribution in [1.29, 1.82) is 0 Å². The number of urea groups is 1. The van der Waals surface area contributed by atoms with Crippen LogP contribution in [0.15, 0.2) is 28.8 Å². The second kappa shape index (κ2) is 8.67. The molecule has 1 aromatic carbocycles. The Morgan fingerprint density at radius 3 is 2.60 bits per heavy atom. The summed E-state index contributed by atoms with van der Waals surface area (Å²) in [5.74, 6) is 0.725. The molecular weight excluding hydrogens is 318 g/mol. The molecule has 0 fully saturated rings. The van der Waals surface area contributed by atoms with E-state index >= 15 is 0 Å². The molecule has 0 radical (unpaired) electrons. The van der Waals surface area contributed by atoms with Crippen LogP contribution in [0.4, 0.5) is 4.79 Å². The minimum absolute atomic E-state index is 0.169. The second-order valence-corrected chi connectivity index (χ2v) is 6.47. The summed E-state index contributed by atoms with van der Waals surface area (Å²) in [5, 5.41) is 9.71. The van der Waals surface area contributed by atoms with E-state index in [1.807, 2.05) is 58.9 Å². The Bertz CT molecular complexity index is 690. The number of carbonyl (C=O) groups is 1. The molecule has 136 valence electrons. The molecule has 0 unspecified atom stereocenters. The first kappa shape index (κ1) is 19.0. The first-order valence-electron chi connectivity index (χ1n) is 8.53. The molecule has 1 aromatic heterocycles. The van der Waals surface area contributed by atoms with Crippen LogP contribution < -0.4 is 10.6 Å². The molecule has 25 heavy (non-hydrogen) atoms. The van der Waals surface area contributed by atoms with Crippen molar-refractivity contribution in [3.05, 3.63) is 52.4 Å². The average Bonchev–Trinajstić information content (AvgIpc) is 2.90. The minimum Gasteiger partial charge on any atom is -0.374 e. The van der Waals surface area contributed by atoms with Crippen molar-refractivity contribution in [3.63, 3.8) is 0 Å². The highest BCUT2D eigenvalue weighted by molar-refractivity contribution is 5.74. The molecule has 0 saturated heterocycles. The highest BCUT2D eigenvalue weighted by Crippen LogP contribution is 2.20. The fourth-order valence-corrected chi connectivity index (χ4v) is 2.70. The van der Waals surface area contributed by atoms with Crippen molar-refractivity contribution < 1.29 is 14.1 Å². The Labute approximate surface area is 148 Å². The normalized spacial score (nSPS) is 12.2. The summed E-state index contributed by atoms with van der Waals surface area (Å²) in [6, 6.07) is 7.62. The van der Waals surface area contributed by atoms with Gasteiger partial charge in [-0.15, -0.1) is 0 Å². The number of hydrogen-bond acceptors (Lipinski definition) is 4. The Kier molecular flexibility index (Phi) is 6.58. The van der Waals surface area contributed by atoms with Crippen LogP contribution >= 0.6 is 0 Å². The predicted octanol–water partition coefficient (Wildman–Crippen LogP) is 3.78. The number of hydrogen-bond donors (Lipinski definition) is 2. The Morgan fingerprint density at radius 2 is 1.96 bits per heavy atom. The lowest BCUT2D eigenvalue weighted by atomic mass is 10.1. The van der Waals surface area contributed by atoms with Gasteiger partial charge < -0.3 is 19.9 Å². The maximum absolute atomic E-state index is 12.1. The van der Waals surface area contributed by atoms with Crippen molar-refractivity contribution in [1.82, 2.24) is 15.8 Å². The zero-order valence-corrected chi connectivity index (χ0v) is 15.6. The molecule has 0 aliphatic rings. The summed E-state index contributed by atoms with van der Waals surface area (Å²) in [5.41, 5.74) is 3.84. The Balaban J connectivity index is 1.86. The van der Waals surface area contributed by atoms with Gasteiger partial charge in [-0.25, -0.2) is 4.79 Å². The van der Waals surface area contributed by atoms with Gasteiger partial charge in [0.15, 0.2) is 0 Å². The van der Waals surface area contributed by atoms with Crippen LogP contribution in [0.1, 0.15) is 55.0 Å². The van der Waals surface area contributed by atoms with Crippen LogP contribution in [0.2, 0.25) is 0 Å². The fourth-order valence-electron chi connectivity index (χ4n) is 2.70. The molecule has 6 nitrogen and oxygen atoms in total. The molecule has 1 heterocycles. The number of rotatable bonds is 7. The lowest BCUT2D eigenvalue weighted by Crippen LogP contribution is -2.36. The summed E-state index contributed by atoms with van der Waals surface area (Å²) in [7, 11) is 0. The molecule has 2 amide bonds. The van der Waals surface area contributed by atoms with Gasteiger partial charge in [0.1, 0.15) is 5.76 Å². The minimum atomic E-state index is -0.226. The van der Waals surface area contributed by atoms with Crippen LogP contribution in [0.5, 0.6) is 0 Å². The van der Waals surface area contributed by atoms with Gasteiger partial charge in [-0.3, -0.25) is 0 Å². The summed E-state index contributed by atoms with van der Waals surface area (Å²) in [6.45, 7) is 10.7. The standard InChI is InChI=1S/C19H27N3O3/c1-12(2)24-11-17-8-6-7-16(9-17)10-20-19(23)21-13(3)18-14(4)22-25-15(18)5/h6-9,12-13H,10-11H2,1-5H3,(H2,20,21,23)/t13-/m0/s1. The van der Waals surface area contributed by atoms with Crippen LogP contribution in [-0.4, -0.2) is 17.3 Å². The zero-order valence-electron chi connectivity index (χ0n) is 15.6. The monoisotopic (exact) mass is 345 g/mol. The van der Waals surface area contributed by atoms with Gasteiger partial charge in [0.25, 0.3) is 0 Å². The summed E-state index contributed by atoms with van der Waals surface area (Å²) in [6.07, 6.45) is 0.193. The number of amides is 2. The first-order valence-corrected chi connectivity index (χ1v) is 8.53. The third-order valence-electron chi connectivity index (χ3n) is 3.90. The number of aromatic nitrogens is 1. The third-order valence-corrected chi connectivity index (χ3v) is 3.90. The molecule has 6 heteroatoms. The Morgan fingerprint density at radius 1 is 1.24 bits per heavy atom. The SMILES string of the molecule is Cc1noc(C)c1[C@H](C)NC(=O)NCc1cccc(COC(C)C)c1. The van der Waals surface area contributed by atoms with Crippen molar-refractivity contribution in [2.45, 2.75) is 59.9 Å². The lowest BCUT2D eigenvalue weighted by molar-refractivity contribution is 0.0657. The van der Waals surface area contributed by atoms with E-state index in [-0.39, 0.29) is 18.2 Å². The van der Waals surface area contributed by atoms with Gasteiger partial charge in [0, 0.05) is 12.1 Å². The van der Waals surface area contributed by atoms with Gasteiger partial charge in [-0.2, -0.15) is 0 Å². The van der Waals surface area contributed by atoms with Crippen molar-refractivity contribution in [3.8, 4) is 0 Å². The molecule has 0 aliphatic carbocycles. The molecule has 2 rings (SSSR count). The highest BCUT2D eigenvalue weighted by atomic mass is 16.5.